The molecule has 3 heterocycles. The number of halogens is 2. The highest BCUT2D eigenvalue weighted by atomic mass is 35.5. The molecule has 10 heteroatoms. The molecule has 3 aromatic heterocycles. The summed E-state index contributed by atoms with van der Waals surface area (Å²) in [6.45, 7) is 0.0373. The minimum atomic E-state index is -0.680. The lowest BCUT2D eigenvalue weighted by molar-refractivity contribution is 0.157. The zero-order valence-corrected chi connectivity index (χ0v) is 18.9. The fourth-order valence-corrected chi connectivity index (χ4v) is 4.72. The maximum absolute atomic E-state index is 14.1. The molecule has 1 saturated carbocycles. The Hall–Kier alpha value is -3.27. The summed E-state index contributed by atoms with van der Waals surface area (Å²) in [4.78, 5) is 17.6. The van der Waals surface area contributed by atoms with Crippen molar-refractivity contribution >= 4 is 28.3 Å². The lowest BCUT2D eigenvalue weighted by atomic mass is 9.99. The van der Waals surface area contributed by atoms with Crippen LogP contribution in [-0.4, -0.2) is 47.8 Å². The highest BCUT2D eigenvalue weighted by molar-refractivity contribution is 6.32. The Balaban J connectivity index is 1.50. The normalized spacial score (nSPS) is 20.2. The molecule has 8 nitrogen and oxygen atoms in total. The van der Waals surface area contributed by atoms with Gasteiger partial charge in [-0.3, -0.25) is 14.0 Å². The minimum Gasteiger partial charge on any atom is -0.394 e. The standard InChI is InChI=1S/C24H23ClFN5O3/c25-18-12-27-22(29-24(14-32)7-5-16(33)10-24)9-21(18)30-8-6-20-17(23(30)34)11-28-31(20)13-15-3-1-2-4-19(15)26/h1-4,6,8-9,11-12,16,32-33H,5,7,10,13-14H2,(H,27,29). The Morgan fingerprint density at radius 2 is 2.09 bits per heavy atom. The number of nitrogens with one attached hydrogen (secondary N) is 1. The molecule has 1 aliphatic carbocycles. The second kappa shape index (κ2) is 8.83. The molecule has 0 amide bonds. The van der Waals surface area contributed by atoms with Gasteiger partial charge in [-0.25, -0.2) is 9.37 Å². The summed E-state index contributed by atoms with van der Waals surface area (Å²) in [5, 5.41) is 28.0. The van der Waals surface area contributed by atoms with Crippen LogP contribution < -0.4 is 10.9 Å². The van der Waals surface area contributed by atoms with Crippen molar-refractivity contribution in [3.63, 3.8) is 0 Å². The number of aliphatic hydroxyl groups is 2. The van der Waals surface area contributed by atoms with Crippen molar-refractivity contribution in [1.29, 1.82) is 0 Å². The minimum absolute atomic E-state index is 0.156. The fraction of sp³-hybridized carbons (Fsp3) is 0.292. The number of aliphatic hydroxyl groups excluding tert-OH is 2. The number of hydrogen-bond donors (Lipinski definition) is 3. The Morgan fingerprint density at radius 1 is 1.26 bits per heavy atom. The highest BCUT2D eigenvalue weighted by Gasteiger charge is 2.38. The Bertz CT molecular complexity index is 1420. The average Bonchev–Trinajstić information content (AvgIpc) is 3.41. The molecule has 1 aliphatic rings. The van der Waals surface area contributed by atoms with Gasteiger partial charge in [-0.15, -0.1) is 0 Å². The predicted molar refractivity (Wildman–Crippen MR) is 127 cm³/mol. The monoisotopic (exact) mass is 483 g/mol. The van der Waals surface area contributed by atoms with E-state index in [4.69, 9.17) is 11.6 Å². The van der Waals surface area contributed by atoms with Crippen molar-refractivity contribution in [1.82, 2.24) is 19.3 Å². The molecule has 1 aromatic carbocycles. The summed E-state index contributed by atoms with van der Waals surface area (Å²) >= 11 is 6.39. The molecule has 0 saturated heterocycles. The Labute approximate surface area is 199 Å². The van der Waals surface area contributed by atoms with E-state index in [1.807, 2.05) is 0 Å². The van der Waals surface area contributed by atoms with Crippen LogP contribution in [0.25, 0.3) is 16.6 Å². The molecule has 0 aliphatic heterocycles. The largest absolute Gasteiger partial charge is 0.394 e. The molecule has 5 rings (SSSR count). The predicted octanol–water partition coefficient (Wildman–Crippen LogP) is 3.11. The molecule has 0 radical (unpaired) electrons. The van der Waals surface area contributed by atoms with Gasteiger partial charge in [-0.2, -0.15) is 5.10 Å². The number of aromatic nitrogens is 4. The van der Waals surface area contributed by atoms with Crippen molar-refractivity contribution in [2.45, 2.75) is 37.5 Å². The van der Waals surface area contributed by atoms with Gasteiger partial charge in [0.25, 0.3) is 5.56 Å². The number of fused-ring (bicyclic) bond motifs is 1. The van der Waals surface area contributed by atoms with E-state index in [9.17, 15) is 19.4 Å². The van der Waals surface area contributed by atoms with E-state index in [0.29, 0.717) is 47.2 Å². The molecule has 0 spiro atoms. The van der Waals surface area contributed by atoms with E-state index in [1.165, 1.54) is 23.0 Å². The van der Waals surface area contributed by atoms with E-state index in [1.54, 1.807) is 41.2 Å². The molecule has 2 unspecified atom stereocenters. The Kier molecular flexibility index (Phi) is 5.85. The summed E-state index contributed by atoms with van der Waals surface area (Å²) in [5.41, 5.74) is 0.455. The third-order valence-corrected chi connectivity index (χ3v) is 6.65. The van der Waals surface area contributed by atoms with Gasteiger partial charge in [0.1, 0.15) is 11.6 Å². The van der Waals surface area contributed by atoms with Crippen molar-refractivity contribution in [2.24, 2.45) is 0 Å². The SMILES string of the molecule is O=c1c2cnn(Cc3ccccc3F)c2ccn1-c1cc(NC2(CO)CCC(O)C2)ncc1Cl. The summed E-state index contributed by atoms with van der Waals surface area (Å²) in [5.74, 6) is 0.100. The number of rotatable bonds is 6. The van der Waals surface area contributed by atoms with E-state index >= 15 is 0 Å². The first kappa shape index (κ1) is 22.5. The lowest BCUT2D eigenvalue weighted by Gasteiger charge is -2.29. The zero-order chi connectivity index (χ0) is 23.9. The van der Waals surface area contributed by atoms with Crippen molar-refractivity contribution in [3.8, 4) is 5.69 Å². The number of anilines is 1. The van der Waals surface area contributed by atoms with Gasteiger partial charge in [-0.1, -0.05) is 29.8 Å². The number of benzene rings is 1. The molecule has 34 heavy (non-hydrogen) atoms. The molecule has 2 atom stereocenters. The lowest BCUT2D eigenvalue weighted by Crippen LogP contribution is -2.40. The molecule has 4 aromatic rings. The first-order chi connectivity index (χ1) is 16.4. The topological polar surface area (TPSA) is 105 Å². The molecular weight excluding hydrogens is 461 g/mol. The van der Waals surface area contributed by atoms with Crippen LogP contribution in [0, 0.1) is 5.82 Å². The van der Waals surface area contributed by atoms with Crippen LogP contribution in [-0.2, 0) is 6.54 Å². The van der Waals surface area contributed by atoms with E-state index in [2.05, 4.69) is 15.4 Å². The van der Waals surface area contributed by atoms with Gasteiger partial charge < -0.3 is 15.5 Å². The molecule has 1 fully saturated rings. The van der Waals surface area contributed by atoms with Crippen molar-refractivity contribution < 1.29 is 14.6 Å². The number of nitrogens with zero attached hydrogens (tertiary/aromatic N) is 4. The zero-order valence-electron chi connectivity index (χ0n) is 18.2. The average molecular weight is 484 g/mol. The van der Waals surface area contributed by atoms with Crippen LogP contribution in [0.4, 0.5) is 10.2 Å². The van der Waals surface area contributed by atoms with Gasteiger partial charge in [0.05, 0.1) is 58.8 Å². The van der Waals surface area contributed by atoms with Gasteiger partial charge in [0.15, 0.2) is 0 Å². The maximum atomic E-state index is 14.1. The van der Waals surface area contributed by atoms with Crippen LogP contribution in [0.15, 0.2) is 59.8 Å². The molecule has 3 N–H and O–H groups in total. The maximum Gasteiger partial charge on any atom is 0.266 e. The first-order valence-corrected chi connectivity index (χ1v) is 11.3. The van der Waals surface area contributed by atoms with Crippen LogP contribution >= 0.6 is 11.6 Å². The summed E-state index contributed by atoms with van der Waals surface area (Å²) < 4.78 is 17.1. The van der Waals surface area contributed by atoms with Crippen LogP contribution in [0.3, 0.4) is 0 Å². The van der Waals surface area contributed by atoms with Crippen LogP contribution in [0.2, 0.25) is 5.02 Å². The van der Waals surface area contributed by atoms with Gasteiger partial charge in [0, 0.05) is 17.8 Å². The van der Waals surface area contributed by atoms with E-state index in [-0.39, 0.29) is 29.6 Å². The van der Waals surface area contributed by atoms with Gasteiger partial charge >= 0.3 is 0 Å². The summed E-state index contributed by atoms with van der Waals surface area (Å²) in [6, 6.07) is 9.81. The second-order valence-corrected chi connectivity index (χ2v) is 9.07. The van der Waals surface area contributed by atoms with E-state index < -0.39 is 11.6 Å². The molecule has 0 bridgehead atoms. The van der Waals surface area contributed by atoms with Crippen molar-refractivity contribution in [3.05, 3.63) is 81.7 Å². The quantitative estimate of drug-likeness (QED) is 0.389. The highest BCUT2D eigenvalue weighted by Crippen LogP contribution is 2.33. The van der Waals surface area contributed by atoms with Crippen molar-refractivity contribution in [2.75, 3.05) is 11.9 Å². The molecule has 176 valence electrons. The fourth-order valence-electron chi connectivity index (χ4n) is 4.53. The summed E-state index contributed by atoms with van der Waals surface area (Å²) in [6.07, 6.45) is 5.58. The van der Waals surface area contributed by atoms with Crippen LogP contribution in [0.5, 0.6) is 0 Å². The summed E-state index contributed by atoms with van der Waals surface area (Å²) in [7, 11) is 0. The smallest absolute Gasteiger partial charge is 0.266 e. The third kappa shape index (κ3) is 4.06. The first-order valence-electron chi connectivity index (χ1n) is 10.9. The van der Waals surface area contributed by atoms with Gasteiger partial charge in [0.2, 0.25) is 0 Å². The van der Waals surface area contributed by atoms with E-state index in [0.717, 1.165) is 0 Å². The number of hydrogen-bond acceptors (Lipinski definition) is 6. The Morgan fingerprint density at radius 3 is 2.82 bits per heavy atom. The second-order valence-electron chi connectivity index (χ2n) is 8.66. The number of pyridine rings is 2. The third-order valence-electron chi connectivity index (χ3n) is 6.36. The van der Waals surface area contributed by atoms with Crippen LogP contribution in [0.1, 0.15) is 24.8 Å². The van der Waals surface area contributed by atoms with Gasteiger partial charge in [-0.05, 0) is 31.4 Å². The molecular formula is C24H23ClFN5O3.